The summed E-state index contributed by atoms with van der Waals surface area (Å²) >= 11 is 0. The third kappa shape index (κ3) is 5.67. The third-order valence-electron chi connectivity index (χ3n) is 6.79. The van der Waals surface area contributed by atoms with Gasteiger partial charge in [-0.2, -0.15) is 0 Å². The van der Waals surface area contributed by atoms with Gasteiger partial charge in [0.25, 0.3) is 0 Å². The molecule has 2 heterocycles. The smallest absolute Gasteiger partial charge is 0.224 e. The SMILES string of the molecule is COc1ccccc1N1CCN(CCNC(=O)Cc2cccc3c(=O)cc(-c4ccccc4)oc23)CC1. The van der Waals surface area contributed by atoms with E-state index in [0.717, 1.165) is 49.7 Å². The Bertz CT molecular complexity index is 1430. The average Bonchev–Trinajstić information content (AvgIpc) is 2.94. The van der Waals surface area contributed by atoms with Crippen LogP contribution in [0.1, 0.15) is 5.56 Å². The number of hydrogen-bond donors (Lipinski definition) is 1. The van der Waals surface area contributed by atoms with Gasteiger partial charge >= 0.3 is 0 Å². The number of methoxy groups -OCH3 is 1. The minimum Gasteiger partial charge on any atom is -0.495 e. The van der Waals surface area contributed by atoms with Crippen molar-refractivity contribution in [3.8, 4) is 17.1 Å². The first-order valence-electron chi connectivity index (χ1n) is 12.6. The highest BCUT2D eigenvalue weighted by atomic mass is 16.5. The van der Waals surface area contributed by atoms with Crippen LogP contribution in [0.25, 0.3) is 22.3 Å². The van der Waals surface area contributed by atoms with E-state index in [1.165, 1.54) is 6.07 Å². The maximum absolute atomic E-state index is 12.8. The second-order valence-electron chi connectivity index (χ2n) is 9.16. The van der Waals surface area contributed by atoms with Crippen LogP contribution >= 0.6 is 0 Å². The summed E-state index contributed by atoms with van der Waals surface area (Å²) in [5, 5.41) is 3.52. The molecule has 190 valence electrons. The maximum Gasteiger partial charge on any atom is 0.224 e. The van der Waals surface area contributed by atoms with Gasteiger partial charge < -0.3 is 19.4 Å². The van der Waals surface area contributed by atoms with E-state index in [0.29, 0.717) is 28.8 Å². The molecule has 1 amide bonds. The Kier molecular flexibility index (Phi) is 7.51. The number of piperazine rings is 1. The number of nitrogens with zero attached hydrogens (tertiary/aromatic N) is 2. The normalized spacial score (nSPS) is 14.0. The number of carbonyl (C=O) groups excluding carboxylic acids is 1. The molecule has 1 aliphatic heterocycles. The molecule has 7 nitrogen and oxygen atoms in total. The number of para-hydroxylation sites is 3. The Morgan fingerprint density at radius 1 is 0.946 bits per heavy atom. The van der Waals surface area contributed by atoms with Gasteiger partial charge in [0.1, 0.15) is 17.1 Å². The van der Waals surface area contributed by atoms with Crippen molar-refractivity contribution in [2.24, 2.45) is 0 Å². The zero-order valence-corrected chi connectivity index (χ0v) is 21.0. The molecule has 5 rings (SSSR count). The first-order chi connectivity index (χ1) is 18.1. The molecule has 0 aliphatic carbocycles. The second kappa shape index (κ2) is 11.3. The molecule has 3 aromatic carbocycles. The zero-order chi connectivity index (χ0) is 25.6. The minimum absolute atomic E-state index is 0.0899. The Morgan fingerprint density at radius 3 is 2.49 bits per heavy atom. The zero-order valence-electron chi connectivity index (χ0n) is 21.0. The standard InChI is InChI=1S/C30H31N3O4/c1-36-27-13-6-5-12-25(27)33-18-16-32(17-19-33)15-14-31-29(35)20-23-10-7-11-24-26(34)21-28(37-30(23)24)22-8-3-2-4-9-22/h2-13,21H,14-20H2,1H3,(H,31,35). The number of benzene rings is 3. The highest BCUT2D eigenvalue weighted by Crippen LogP contribution is 2.28. The van der Waals surface area contributed by atoms with E-state index in [4.69, 9.17) is 9.15 Å². The quantitative estimate of drug-likeness (QED) is 0.397. The Hall–Kier alpha value is -4.10. The molecule has 1 aliphatic rings. The molecule has 0 atom stereocenters. The van der Waals surface area contributed by atoms with Gasteiger partial charge in [0.05, 0.1) is 24.6 Å². The summed E-state index contributed by atoms with van der Waals surface area (Å²) in [6, 6.07) is 24.5. The summed E-state index contributed by atoms with van der Waals surface area (Å²) in [5.41, 5.74) is 3.00. The number of amides is 1. The van der Waals surface area contributed by atoms with E-state index in [1.54, 1.807) is 19.2 Å². The summed E-state index contributed by atoms with van der Waals surface area (Å²) in [4.78, 5) is 30.2. The van der Waals surface area contributed by atoms with Crippen molar-refractivity contribution in [1.82, 2.24) is 10.2 Å². The minimum atomic E-state index is -0.116. The van der Waals surface area contributed by atoms with E-state index in [1.807, 2.05) is 54.6 Å². The van der Waals surface area contributed by atoms with Gasteiger partial charge in [-0.3, -0.25) is 14.5 Å². The predicted octanol–water partition coefficient (Wildman–Crippen LogP) is 3.95. The van der Waals surface area contributed by atoms with Crippen LogP contribution in [0, 0.1) is 0 Å². The molecule has 37 heavy (non-hydrogen) atoms. The van der Waals surface area contributed by atoms with Crippen molar-refractivity contribution in [1.29, 1.82) is 0 Å². The van der Waals surface area contributed by atoms with Crippen molar-refractivity contribution >= 4 is 22.6 Å². The van der Waals surface area contributed by atoms with Crippen LogP contribution in [0.5, 0.6) is 5.75 Å². The topological polar surface area (TPSA) is 75.0 Å². The number of carbonyl (C=O) groups is 1. The average molecular weight is 498 g/mol. The van der Waals surface area contributed by atoms with Crippen LogP contribution < -0.4 is 20.4 Å². The molecule has 0 saturated carbocycles. The number of anilines is 1. The second-order valence-corrected chi connectivity index (χ2v) is 9.16. The Balaban J connectivity index is 1.17. The molecular formula is C30H31N3O4. The van der Waals surface area contributed by atoms with Gasteiger partial charge in [-0.1, -0.05) is 54.6 Å². The number of nitrogens with one attached hydrogen (secondary N) is 1. The fourth-order valence-electron chi connectivity index (χ4n) is 4.81. The van der Waals surface area contributed by atoms with E-state index in [2.05, 4.69) is 21.2 Å². The highest BCUT2D eigenvalue weighted by molar-refractivity contribution is 5.87. The summed E-state index contributed by atoms with van der Waals surface area (Å²) < 4.78 is 11.6. The molecule has 0 radical (unpaired) electrons. The molecule has 1 aromatic heterocycles. The fraction of sp³-hybridized carbons (Fsp3) is 0.267. The summed E-state index contributed by atoms with van der Waals surface area (Å²) in [5.74, 6) is 1.30. The fourth-order valence-corrected chi connectivity index (χ4v) is 4.81. The van der Waals surface area contributed by atoms with Gasteiger partial charge in [0.2, 0.25) is 5.91 Å². The van der Waals surface area contributed by atoms with Crippen molar-refractivity contribution < 1.29 is 13.9 Å². The summed E-state index contributed by atoms with van der Waals surface area (Å²) in [6.07, 6.45) is 0.153. The molecule has 4 aromatic rings. The van der Waals surface area contributed by atoms with Gasteiger partial charge in [0, 0.05) is 56.5 Å². The summed E-state index contributed by atoms with van der Waals surface area (Å²) in [7, 11) is 1.70. The molecule has 0 bridgehead atoms. The maximum atomic E-state index is 12.8. The molecule has 0 spiro atoms. The number of ether oxygens (including phenoxy) is 1. The number of fused-ring (bicyclic) bond motifs is 1. The highest BCUT2D eigenvalue weighted by Gasteiger charge is 2.19. The molecule has 1 saturated heterocycles. The first kappa shape index (κ1) is 24.6. The van der Waals surface area contributed by atoms with Crippen molar-refractivity contribution in [3.05, 3.63) is 94.6 Å². The lowest BCUT2D eigenvalue weighted by molar-refractivity contribution is -0.120. The number of rotatable bonds is 8. The lowest BCUT2D eigenvalue weighted by Crippen LogP contribution is -2.48. The van der Waals surface area contributed by atoms with Gasteiger partial charge in [-0.05, 0) is 18.2 Å². The molecule has 1 fully saturated rings. The van der Waals surface area contributed by atoms with Crippen LogP contribution in [0.4, 0.5) is 5.69 Å². The van der Waals surface area contributed by atoms with Crippen LogP contribution in [-0.2, 0) is 11.2 Å². The van der Waals surface area contributed by atoms with Crippen LogP contribution in [0.2, 0.25) is 0 Å². The Morgan fingerprint density at radius 2 is 1.70 bits per heavy atom. The van der Waals surface area contributed by atoms with Crippen molar-refractivity contribution in [2.45, 2.75) is 6.42 Å². The van der Waals surface area contributed by atoms with Crippen molar-refractivity contribution in [2.75, 3.05) is 51.3 Å². The summed E-state index contributed by atoms with van der Waals surface area (Å²) in [6.45, 7) is 5.02. The first-order valence-corrected chi connectivity index (χ1v) is 12.6. The van der Waals surface area contributed by atoms with Gasteiger partial charge in [-0.15, -0.1) is 0 Å². The Labute approximate surface area is 216 Å². The lowest BCUT2D eigenvalue weighted by Gasteiger charge is -2.36. The largest absolute Gasteiger partial charge is 0.495 e. The van der Waals surface area contributed by atoms with Crippen molar-refractivity contribution in [3.63, 3.8) is 0 Å². The molecule has 0 unspecified atom stereocenters. The van der Waals surface area contributed by atoms with E-state index in [9.17, 15) is 9.59 Å². The monoisotopic (exact) mass is 497 g/mol. The van der Waals surface area contributed by atoms with E-state index >= 15 is 0 Å². The third-order valence-corrected chi connectivity index (χ3v) is 6.79. The van der Waals surface area contributed by atoms with Crippen LogP contribution in [0.15, 0.2) is 88.1 Å². The molecule has 1 N–H and O–H groups in total. The predicted molar refractivity (Wildman–Crippen MR) is 146 cm³/mol. The number of hydrogen-bond acceptors (Lipinski definition) is 6. The van der Waals surface area contributed by atoms with Crippen LogP contribution in [0.3, 0.4) is 0 Å². The van der Waals surface area contributed by atoms with Gasteiger partial charge in [0.15, 0.2) is 5.43 Å². The molecule has 7 heteroatoms. The van der Waals surface area contributed by atoms with Crippen LogP contribution in [-0.4, -0.2) is 57.2 Å². The van der Waals surface area contributed by atoms with Gasteiger partial charge in [-0.25, -0.2) is 0 Å². The molecular weight excluding hydrogens is 466 g/mol. The van der Waals surface area contributed by atoms with E-state index in [-0.39, 0.29) is 17.8 Å². The lowest BCUT2D eigenvalue weighted by atomic mass is 10.1. The van der Waals surface area contributed by atoms with E-state index < -0.39 is 0 Å².